The number of carbonyl (C=O) groups excluding carboxylic acids is 1. The average Bonchev–Trinajstić information content (AvgIpc) is 2.45. The van der Waals surface area contributed by atoms with Crippen LogP contribution in [0.15, 0.2) is 18.2 Å². The summed E-state index contributed by atoms with van der Waals surface area (Å²) in [6.45, 7) is 3.22. The fraction of sp³-hybridized carbons (Fsp3) is 0.438. The highest BCUT2D eigenvalue weighted by molar-refractivity contribution is 5.94. The third-order valence-electron chi connectivity index (χ3n) is 2.76. The molecule has 0 radical (unpaired) electrons. The van der Waals surface area contributed by atoms with E-state index in [1.54, 1.807) is 13.2 Å². The summed E-state index contributed by atoms with van der Waals surface area (Å²) in [5.41, 5.74) is 2.47. The van der Waals surface area contributed by atoms with Gasteiger partial charge in [-0.3, -0.25) is 4.79 Å². The number of ether oxygens (including phenoxy) is 1. The van der Waals surface area contributed by atoms with Gasteiger partial charge in [-0.25, -0.2) is 0 Å². The second-order valence-corrected chi connectivity index (χ2v) is 4.41. The highest BCUT2D eigenvalue weighted by Gasteiger charge is 2.06. The number of hydrogen-bond acceptors (Lipinski definition) is 3. The molecule has 0 unspecified atom stereocenters. The zero-order valence-electron chi connectivity index (χ0n) is 12.0. The minimum atomic E-state index is -0.0842. The van der Waals surface area contributed by atoms with Gasteiger partial charge in [-0.15, -0.1) is 0 Å². The molecule has 4 heteroatoms. The summed E-state index contributed by atoms with van der Waals surface area (Å²) in [7, 11) is 1.64. The number of benzene rings is 1. The number of methoxy groups -OCH3 is 1. The highest BCUT2D eigenvalue weighted by Crippen LogP contribution is 2.10. The number of hydrogen-bond donors (Lipinski definition) is 2. The molecule has 1 amide bonds. The number of aliphatic hydroxyl groups is 1. The van der Waals surface area contributed by atoms with Crippen LogP contribution < -0.4 is 5.32 Å². The van der Waals surface area contributed by atoms with Crippen molar-refractivity contribution in [3.63, 3.8) is 0 Å². The summed E-state index contributed by atoms with van der Waals surface area (Å²) in [5.74, 6) is 5.77. The molecule has 0 bridgehead atoms. The Morgan fingerprint density at radius 3 is 2.90 bits per heavy atom. The minimum absolute atomic E-state index is 0.0635. The van der Waals surface area contributed by atoms with Crippen LogP contribution in [0.1, 0.15) is 34.3 Å². The highest BCUT2D eigenvalue weighted by atomic mass is 16.5. The van der Waals surface area contributed by atoms with Crippen molar-refractivity contribution in [1.82, 2.24) is 5.32 Å². The molecule has 1 rings (SSSR count). The van der Waals surface area contributed by atoms with Crippen LogP contribution in [0.4, 0.5) is 0 Å². The van der Waals surface area contributed by atoms with Crippen molar-refractivity contribution in [3.05, 3.63) is 34.9 Å². The van der Waals surface area contributed by atoms with Gasteiger partial charge in [-0.1, -0.05) is 11.8 Å². The van der Waals surface area contributed by atoms with Gasteiger partial charge in [0.1, 0.15) is 0 Å². The Balaban J connectivity index is 2.62. The van der Waals surface area contributed by atoms with E-state index in [0.717, 1.165) is 17.5 Å². The van der Waals surface area contributed by atoms with Crippen LogP contribution in [0.25, 0.3) is 0 Å². The zero-order chi connectivity index (χ0) is 14.8. The van der Waals surface area contributed by atoms with E-state index in [1.165, 1.54) is 0 Å². The zero-order valence-corrected chi connectivity index (χ0v) is 12.0. The molecule has 0 saturated heterocycles. The van der Waals surface area contributed by atoms with Crippen LogP contribution in [0.3, 0.4) is 0 Å². The molecular formula is C16H21NO3. The van der Waals surface area contributed by atoms with Crippen molar-refractivity contribution in [2.75, 3.05) is 26.9 Å². The fourth-order valence-electron chi connectivity index (χ4n) is 1.68. The Morgan fingerprint density at radius 1 is 1.45 bits per heavy atom. The van der Waals surface area contributed by atoms with Crippen LogP contribution in [0.2, 0.25) is 0 Å². The molecule has 0 fully saturated rings. The number of amides is 1. The molecule has 0 spiro atoms. The maximum atomic E-state index is 11.9. The van der Waals surface area contributed by atoms with Gasteiger partial charge in [0.25, 0.3) is 5.91 Å². The summed E-state index contributed by atoms with van der Waals surface area (Å²) >= 11 is 0. The van der Waals surface area contributed by atoms with Crippen LogP contribution in [-0.2, 0) is 4.74 Å². The molecule has 0 saturated carbocycles. The van der Waals surface area contributed by atoms with E-state index in [-0.39, 0.29) is 12.5 Å². The first-order valence-electron chi connectivity index (χ1n) is 6.66. The molecule has 0 aliphatic rings. The number of nitrogens with one attached hydrogen (secondary N) is 1. The van der Waals surface area contributed by atoms with Gasteiger partial charge in [-0.05, 0) is 37.1 Å². The van der Waals surface area contributed by atoms with Crippen LogP contribution in [-0.4, -0.2) is 37.9 Å². The second-order valence-electron chi connectivity index (χ2n) is 4.41. The molecule has 1 aromatic carbocycles. The SMILES string of the molecule is COCCCNC(=O)c1ccc(C#CCCO)c(C)c1. The molecule has 0 aliphatic heterocycles. The Kier molecular flexibility index (Phi) is 7.41. The normalized spacial score (nSPS) is 9.75. The lowest BCUT2D eigenvalue weighted by molar-refractivity contribution is 0.0948. The maximum Gasteiger partial charge on any atom is 0.251 e. The van der Waals surface area contributed by atoms with E-state index in [9.17, 15) is 4.79 Å². The average molecular weight is 275 g/mol. The van der Waals surface area contributed by atoms with E-state index >= 15 is 0 Å². The first kappa shape index (κ1) is 16.2. The molecule has 108 valence electrons. The van der Waals surface area contributed by atoms with Crippen molar-refractivity contribution in [2.24, 2.45) is 0 Å². The number of aliphatic hydroxyl groups excluding tert-OH is 1. The molecule has 0 atom stereocenters. The number of rotatable bonds is 6. The predicted octanol–water partition coefficient (Wildman–Crippen LogP) is 1.50. The van der Waals surface area contributed by atoms with Crippen LogP contribution >= 0.6 is 0 Å². The Hall–Kier alpha value is -1.83. The quantitative estimate of drug-likeness (QED) is 0.611. The third-order valence-corrected chi connectivity index (χ3v) is 2.76. The summed E-state index contributed by atoms with van der Waals surface area (Å²) in [6.07, 6.45) is 1.26. The van der Waals surface area contributed by atoms with E-state index in [1.807, 2.05) is 19.1 Å². The Bertz CT molecular complexity index is 500. The van der Waals surface area contributed by atoms with Crippen molar-refractivity contribution in [1.29, 1.82) is 0 Å². The smallest absolute Gasteiger partial charge is 0.251 e. The van der Waals surface area contributed by atoms with Gasteiger partial charge >= 0.3 is 0 Å². The van der Waals surface area contributed by atoms with Gasteiger partial charge in [0.2, 0.25) is 0 Å². The van der Waals surface area contributed by atoms with Gasteiger partial charge < -0.3 is 15.2 Å². The lowest BCUT2D eigenvalue weighted by Crippen LogP contribution is -2.25. The van der Waals surface area contributed by atoms with Crippen molar-refractivity contribution in [3.8, 4) is 11.8 Å². The summed E-state index contributed by atoms with van der Waals surface area (Å²) < 4.78 is 4.93. The van der Waals surface area contributed by atoms with Gasteiger partial charge in [0.15, 0.2) is 0 Å². The second kappa shape index (κ2) is 9.13. The predicted molar refractivity (Wildman–Crippen MR) is 78.6 cm³/mol. The molecule has 4 nitrogen and oxygen atoms in total. The molecule has 0 heterocycles. The monoisotopic (exact) mass is 275 g/mol. The Labute approximate surface area is 120 Å². The number of carbonyl (C=O) groups is 1. The fourth-order valence-corrected chi connectivity index (χ4v) is 1.68. The lowest BCUT2D eigenvalue weighted by Gasteiger charge is -2.06. The first-order valence-corrected chi connectivity index (χ1v) is 6.66. The van der Waals surface area contributed by atoms with Crippen LogP contribution in [0.5, 0.6) is 0 Å². The van der Waals surface area contributed by atoms with Gasteiger partial charge in [0.05, 0.1) is 6.61 Å². The van der Waals surface area contributed by atoms with E-state index in [4.69, 9.17) is 9.84 Å². The summed E-state index contributed by atoms with van der Waals surface area (Å²) in [6, 6.07) is 5.43. The Morgan fingerprint density at radius 2 is 2.25 bits per heavy atom. The van der Waals surface area contributed by atoms with Crippen LogP contribution in [0, 0.1) is 18.8 Å². The van der Waals surface area contributed by atoms with Gasteiger partial charge in [-0.2, -0.15) is 0 Å². The summed E-state index contributed by atoms with van der Waals surface area (Å²) in [4.78, 5) is 11.9. The molecule has 0 aromatic heterocycles. The third kappa shape index (κ3) is 5.43. The molecular weight excluding hydrogens is 254 g/mol. The first-order chi connectivity index (χ1) is 9.69. The molecule has 2 N–H and O–H groups in total. The molecule has 1 aromatic rings. The molecule has 20 heavy (non-hydrogen) atoms. The van der Waals surface area contributed by atoms with Gasteiger partial charge in [0, 0.05) is 37.8 Å². The summed E-state index contributed by atoms with van der Waals surface area (Å²) in [5, 5.41) is 11.5. The minimum Gasteiger partial charge on any atom is -0.395 e. The van der Waals surface area contributed by atoms with Crippen molar-refractivity contribution < 1.29 is 14.6 Å². The van der Waals surface area contributed by atoms with E-state index in [0.29, 0.717) is 25.1 Å². The lowest BCUT2D eigenvalue weighted by atomic mass is 10.0. The van der Waals surface area contributed by atoms with Crippen molar-refractivity contribution in [2.45, 2.75) is 19.8 Å². The van der Waals surface area contributed by atoms with E-state index in [2.05, 4.69) is 17.2 Å². The van der Waals surface area contributed by atoms with Crippen molar-refractivity contribution >= 4 is 5.91 Å². The van der Waals surface area contributed by atoms with E-state index < -0.39 is 0 Å². The largest absolute Gasteiger partial charge is 0.395 e. The standard InChI is InChI=1S/C16H21NO3/c1-13-12-15(16(19)17-9-5-11-20-2)8-7-14(13)6-3-4-10-18/h7-8,12,18H,4-5,9-11H2,1-2H3,(H,17,19). The topological polar surface area (TPSA) is 58.6 Å². The number of aryl methyl sites for hydroxylation is 1. The maximum absolute atomic E-state index is 11.9. The molecule has 0 aliphatic carbocycles.